The van der Waals surface area contributed by atoms with Crippen LogP contribution in [-0.2, 0) is 6.42 Å². The van der Waals surface area contributed by atoms with Gasteiger partial charge in [0.15, 0.2) is 0 Å². The molecular weight excluding hydrogens is 721 g/mol. The van der Waals surface area contributed by atoms with Crippen LogP contribution < -0.4 is 0 Å². The third kappa shape index (κ3) is 6.04. The lowest BCUT2D eigenvalue weighted by molar-refractivity contribution is 0.925. The van der Waals surface area contributed by atoms with Gasteiger partial charge in [0.25, 0.3) is 0 Å². The molecule has 6 aromatic carbocycles. The Balaban J connectivity index is 1.17. The molecule has 3 heterocycles. The molecule has 0 saturated heterocycles. The van der Waals surface area contributed by atoms with Crippen molar-refractivity contribution in [3.63, 3.8) is 0 Å². The van der Waals surface area contributed by atoms with Gasteiger partial charge in [0.1, 0.15) is 0 Å². The monoisotopic (exact) mass is 758 g/mol. The van der Waals surface area contributed by atoms with Gasteiger partial charge in [-0.1, -0.05) is 129 Å². The third-order valence-corrected chi connectivity index (χ3v) is 14.2. The number of fused-ring (bicyclic) bond motifs is 10. The number of benzene rings is 6. The van der Waals surface area contributed by atoms with E-state index in [0.29, 0.717) is 0 Å². The van der Waals surface area contributed by atoms with Gasteiger partial charge in [-0.2, -0.15) is 0 Å². The maximum absolute atomic E-state index is 2.47. The number of rotatable bonds is 5. The molecule has 0 atom stereocenters. The summed E-state index contributed by atoms with van der Waals surface area (Å²) in [5.41, 5.74) is 11.8. The number of allylic oxidation sites excluding steroid dienone is 8. The highest BCUT2D eigenvalue weighted by Crippen LogP contribution is 2.47. The Bertz CT molecular complexity index is 3100. The van der Waals surface area contributed by atoms with Gasteiger partial charge in [0.2, 0.25) is 0 Å². The molecule has 0 aliphatic heterocycles. The number of aryl methyl sites for hydroxylation is 2. The van der Waals surface area contributed by atoms with E-state index in [-0.39, 0.29) is 0 Å². The van der Waals surface area contributed by atoms with Crippen LogP contribution in [0.25, 0.3) is 96.0 Å². The van der Waals surface area contributed by atoms with Gasteiger partial charge in [0.05, 0.1) is 0 Å². The fraction of sp³-hybridized carbons (Fsp3) is 0.0769. The maximum Gasteiger partial charge on any atom is 0.0362 e. The van der Waals surface area contributed by atoms with Crippen molar-refractivity contribution >= 4 is 96.6 Å². The fourth-order valence-corrected chi connectivity index (χ4v) is 11.5. The molecule has 0 amide bonds. The predicted octanol–water partition coefficient (Wildman–Crippen LogP) is 16.6. The first-order valence-corrected chi connectivity index (χ1v) is 21.5. The summed E-state index contributed by atoms with van der Waals surface area (Å²) in [5.74, 6) is 0. The van der Waals surface area contributed by atoms with Gasteiger partial charge in [-0.15, -0.1) is 34.0 Å². The van der Waals surface area contributed by atoms with Crippen LogP contribution in [-0.4, -0.2) is 0 Å². The lowest BCUT2D eigenvalue weighted by Crippen LogP contribution is -1.94. The van der Waals surface area contributed by atoms with Gasteiger partial charge in [-0.05, 0) is 112 Å². The molecular formula is C52H38S3. The first-order chi connectivity index (χ1) is 27.1. The Hall–Kier alpha value is -5.58. The van der Waals surface area contributed by atoms with Crippen molar-refractivity contribution in [3.05, 3.63) is 179 Å². The fourth-order valence-electron chi connectivity index (χ4n) is 8.23. The highest BCUT2D eigenvalue weighted by atomic mass is 32.1. The molecule has 3 heteroatoms. The van der Waals surface area contributed by atoms with E-state index in [1.54, 1.807) is 0 Å². The third-order valence-electron chi connectivity index (χ3n) is 10.8. The second-order valence-electron chi connectivity index (χ2n) is 14.3. The van der Waals surface area contributed by atoms with E-state index >= 15 is 0 Å². The SMILES string of the molecule is CCCc1ccc2sc3ccc(-c4ccc5sc6ccc7sc8c(c7c6c5c4)/C=C/C=C/C=C\C=C/C=C\8)cc3c2c1-c1cc(-c2ccccc2)ccc1C. The number of thiophene rings is 3. The summed E-state index contributed by atoms with van der Waals surface area (Å²) in [6.07, 6.45) is 23.6. The van der Waals surface area contributed by atoms with E-state index in [0.717, 1.165) is 12.8 Å². The summed E-state index contributed by atoms with van der Waals surface area (Å²) in [6, 6.07) is 41.5. The van der Waals surface area contributed by atoms with Crippen molar-refractivity contribution < 1.29 is 0 Å². The normalized spacial score (nSPS) is 16.0. The molecule has 0 unspecified atom stereocenters. The van der Waals surface area contributed by atoms with E-state index in [1.165, 1.54) is 105 Å². The summed E-state index contributed by atoms with van der Waals surface area (Å²) in [4.78, 5) is 1.29. The summed E-state index contributed by atoms with van der Waals surface area (Å²) >= 11 is 5.69. The minimum atomic E-state index is 1.05. The van der Waals surface area contributed by atoms with Crippen LogP contribution in [0.15, 0.2) is 158 Å². The summed E-state index contributed by atoms with van der Waals surface area (Å²) < 4.78 is 6.68. The first kappa shape index (κ1) is 33.9. The Morgan fingerprint density at radius 1 is 0.455 bits per heavy atom. The Morgan fingerprint density at radius 2 is 1.02 bits per heavy atom. The van der Waals surface area contributed by atoms with Crippen LogP contribution in [0.5, 0.6) is 0 Å². The van der Waals surface area contributed by atoms with E-state index in [2.05, 4.69) is 184 Å². The van der Waals surface area contributed by atoms with E-state index in [4.69, 9.17) is 0 Å². The van der Waals surface area contributed by atoms with Gasteiger partial charge < -0.3 is 0 Å². The summed E-state index contributed by atoms with van der Waals surface area (Å²) in [5, 5.41) is 6.79. The zero-order chi connectivity index (χ0) is 36.9. The zero-order valence-corrected chi connectivity index (χ0v) is 33.3. The van der Waals surface area contributed by atoms with E-state index < -0.39 is 0 Å². The largest absolute Gasteiger partial charge is 0.135 e. The van der Waals surface area contributed by atoms with Crippen LogP contribution in [0.3, 0.4) is 0 Å². The molecule has 9 aromatic rings. The molecule has 0 spiro atoms. The molecule has 3 aromatic heterocycles. The minimum absolute atomic E-state index is 1.05. The molecule has 264 valence electrons. The van der Waals surface area contributed by atoms with Crippen LogP contribution in [0.4, 0.5) is 0 Å². The average molecular weight is 759 g/mol. The lowest BCUT2D eigenvalue weighted by atomic mass is 9.88. The van der Waals surface area contributed by atoms with Crippen molar-refractivity contribution in [2.24, 2.45) is 0 Å². The Kier molecular flexibility index (Phi) is 8.79. The zero-order valence-electron chi connectivity index (χ0n) is 30.8. The van der Waals surface area contributed by atoms with Crippen LogP contribution in [0.2, 0.25) is 0 Å². The molecule has 0 bridgehead atoms. The highest BCUT2D eigenvalue weighted by molar-refractivity contribution is 7.26. The minimum Gasteiger partial charge on any atom is -0.135 e. The van der Waals surface area contributed by atoms with Gasteiger partial charge in [0, 0.05) is 60.9 Å². The summed E-state index contributed by atoms with van der Waals surface area (Å²) in [7, 11) is 0. The molecule has 0 radical (unpaired) electrons. The van der Waals surface area contributed by atoms with Gasteiger partial charge in [-0.25, -0.2) is 0 Å². The van der Waals surface area contributed by atoms with Crippen LogP contribution in [0, 0.1) is 6.92 Å². The Morgan fingerprint density at radius 3 is 1.73 bits per heavy atom. The molecule has 1 aliphatic rings. The Labute approximate surface area is 334 Å². The smallest absolute Gasteiger partial charge is 0.0362 e. The first-order valence-electron chi connectivity index (χ1n) is 19.1. The van der Waals surface area contributed by atoms with Crippen LogP contribution >= 0.6 is 34.0 Å². The molecule has 0 saturated carbocycles. The van der Waals surface area contributed by atoms with Crippen molar-refractivity contribution in [3.8, 4) is 33.4 Å². The average Bonchev–Trinajstić information content (AvgIpc) is 3.89. The quantitative estimate of drug-likeness (QED) is 0.164. The van der Waals surface area contributed by atoms with E-state index in [9.17, 15) is 0 Å². The molecule has 55 heavy (non-hydrogen) atoms. The predicted molar refractivity (Wildman–Crippen MR) is 248 cm³/mol. The highest BCUT2D eigenvalue weighted by Gasteiger charge is 2.20. The van der Waals surface area contributed by atoms with Crippen LogP contribution in [0.1, 0.15) is 34.9 Å². The standard InChI is InChI=1S/C52H38S3/c1-3-15-35-22-27-46-51(49(35)40-30-36(21-20-33(40)2)34-16-11-10-12-17-34)41-31-37(23-25-44(41)54-46)38-24-26-45-42(32-38)52-48(55-45)29-28-47-50(52)39-18-13-8-6-4-5-7-9-14-19-43(39)53-47/h4-14,16-32H,3,15H2,1-2H3/b5-4-,6-4?,7-5?,8-6+,9-7-,13-8?,14-9?,18-13+,19-14-,39-18?,43-19?. The van der Waals surface area contributed by atoms with Gasteiger partial charge in [-0.3, -0.25) is 0 Å². The molecule has 0 N–H and O–H groups in total. The van der Waals surface area contributed by atoms with Crippen molar-refractivity contribution in [2.45, 2.75) is 26.7 Å². The summed E-state index contributed by atoms with van der Waals surface area (Å²) in [6.45, 7) is 4.56. The molecule has 0 fully saturated rings. The lowest BCUT2D eigenvalue weighted by Gasteiger charge is -2.16. The molecule has 10 rings (SSSR count). The molecule has 0 nitrogen and oxygen atoms in total. The number of hydrogen-bond acceptors (Lipinski definition) is 3. The van der Waals surface area contributed by atoms with Gasteiger partial charge >= 0.3 is 0 Å². The number of hydrogen-bond donors (Lipinski definition) is 0. The van der Waals surface area contributed by atoms with Crippen molar-refractivity contribution in [1.82, 2.24) is 0 Å². The maximum atomic E-state index is 2.47. The topological polar surface area (TPSA) is 0 Å². The second kappa shape index (κ2) is 14.2. The molecule has 1 aliphatic carbocycles. The van der Waals surface area contributed by atoms with Crippen molar-refractivity contribution in [2.75, 3.05) is 0 Å². The second-order valence-corrected chi connectivity index (χ2v) is 17.6. The van der Waals surface area contributed by atoms with Crippen molar-refractivity contribution in [1.29, 1.82) is 0 Å². The van der Waals surface area contributed by atoms with E-state index in [1.807, 2.05) is 34.0 Å².